The van der Waals surface area contributed by atoms with Crippen molar-refractivity contribution in [2.45, 2.75) is 25.7 Å². The Kier molecular flexibility index (Phi) is 2.56. The van der Waals surface area contributed by atoms with Crippen LogP contribution >= 0.6 is 0 Å². The van der Waals surface area contributed by atoms with Gasteiger partial charge in [0.15, 0.2) is 0 Å². The van der Waals surface area contributed by atoms with Crippen molar-refractivity contribution in [3.8, 4) is 0 Å². The summed E-state index contributed by atoms with van der Waals surface area (Å²) >= 11 is 0. The maximum atomic E-state index is 12.5. The Labute approximate surface area is 113 Å². The van der Waals surface area contributed by atoms with Crippen molar-refractivity contribution in [1.29, 1.82) is 0 Å². The van der Waals surface area contributed by atoms with Crippen molar-refractivity contribution in [2.24, 2.45) is 23.7 Å². The van der Waals surface area contributed by atoms with Crippen molar-refractivity contribution < 1.29 is 9.59 Å². The summed E-state index contributed by atoms with van der Waals surface area (Å²) in [7, 11) is 0. The lowest BCUT2D eigenvalue weighted by Gasteiger charge is -2.30. The van der Waals surface area contributed by atoms with Gasteiger partial charge in [-0.1, -0.05) is 18.6 Å². The zero-order valence-corrected chi connectivity index (χ0v) is 11.1. The molecule has 0 spiro atoms. The molecule has 2 amide bonds. The predicted octanol–water partition coefficient (Wildman–Crippen LogP) is 1.24. The lowest BCUT2D eigenvalue weighted by molar-refractivity contribution is -0.143. The van der Waals surface area contributed by atoms with E-state index in [1.807, 2.05) is 0 Å². The number of carbonyl (C=O) groups excluding carboxylic acids is 2. The van der Waals surface area contributed by atoms with E-state index in [4.69, 9.17) is 0 Å². The van der Waals surface area contributed by atoms with Gasteiger partial charge in [-0.05, 0) is 44.2 Å². The van der Waals surface area contributed by atoms with Gasteiger partial charge in [0.05, 0.1) is 18.5 Å². The Morgan fingerprint density at radius 2 is 1.53 bits per heavy atom. The minimum Gasteiger partial charge on any atom is -0.286 e. The van der Waals surface area contributed by atoms with Gasteiger partial charge >= 0.3 is 0 Å². The molecular weight excluding hydrogens is 240 g/mol. The van der Waals surface area contributed by atoms with Crippen LogP contribution in [0.15, 0.2) is 12.2 Å². The quantitative estimate of drug-likeness (QED) is 0.554. The van der Waals surface area contributed by atoms with Crippen molar-refractivity contribution in [1.82, 2.24) is 9.80 Å². The van der Waals surface area contributed by atoms with Crippen LogP contribution in [0, 0.1) is 23.7 Å². The van der Waals surface area contributed by atoms with E-state index in [2.05, 4.69) is 17.1 Å². The van der Waals surface area contributed by atoms with Crippen LogP contribution in [-0.2, 0) is 9.59 Å². The average Bonchev–Trinajstić information content (AvgIpc) is 3.10. The molecule has 0 aromatic carbocycles. The monoisotopic (exact) mass is 260 g/mol. The average molecular weight is 260 g/mol. The number of imide groups is 1. The molecule has 4 aliphatic rings. The maximum absolute atomic E-state index is 12.5. The normalized spacial score (nSPS) is 41.4. The minimum atomic E-state index is -0.0349. The van der Waals surface area contributed by atoms with Gasteiger partial charge < -0.3 is 0 Å². The van der Waals surface area contributed by atoms with E-state index in [-0.39, 0.29) is 23.7 Å². The van der Waals surface area contributed by atoms with Gasteiger partial charge in [-0.25, -0.2) is 0 Å². The van der Waals surface area contributed by atoms with Crippen LogP contribution in [0.3, 0.4) is 0 Å². The second-order valence-corrected chi connectivity index (χ2v) is 6.42. The summed E-state index contributed by atoms with van der Waals surface area (Å²) in [5.74, 6) is 0.782. The van der Waals surface area contributed by atoms with E-state index in [1.165, 1.54) is 19.3 Å². The van der Waals surface area contributed by atoms with Crippen molar-refractivity contribution in [3.05, 3.63) is 12.2 Å². The number of fused-ring (bicyclic) bond motifs is 5. The second kappa shape index (κ2) is 4.17. The first-order chi connectivity index (χ1) is 9.25. The Morgan fingerprint density at radius 3 is 2.11 bits per heavy atom. The Balaban J connectivity index is 1.52. The van der Waals surface area contributed by atoms with Crippen molar-refractivity contribution in [3.63, 3.8) is 0 Å². The van der Waals surface area contributed by atoms with Crippen molar-refractivity contribution >= 4 is 11.8 Å². The molecule has 4 nitrogen and oxygen atoms in total. The molecule has 2 aliphatic carbocycles. The smallest absolute Gasteiger partial charge is 0.234 e. The number of likely N-dealkylation sites (tertiary alicyclic amines) is 2. The molecule has 0 N–H and O–H groups in total. The molecule has 2 bridgehead atoms. The van der Waals surface area contributed by atoms with Crippen molar-refractivity contribution in [2.75, 3.05) is 19.8 Å². The highest BCUT2D eigenvalue weighted by Gasteiger charge is 2.59. The first-order valence-corrected chi connectivity index (χ1v) is 7.51. The summed E-state index contributed by atoms with van der Waals surface area (Å²) < 4.78 is 0. The predicted molar refractivity (Wildman–Crippen MR) is 69.9 cm³/mol. The number of hydrogen-bond acceptors (Lipinski definition) is 3. The Bertz CT molecular complexity index is 423. The summed E-state index contributed by atoms with van der Waals surface area (Å²) in [6.45, 7) is 2.58. The van der Waals surface area contributed by atoms with Crippen LogP contribution in [0.2, 0.25) is 0 Å². The molecule has 4 rings (SSSR count). The van der Waals surface area contributed by atoms with Crippen LogP contribution in [0.4, 0.5) is 0 Å². The summed E-state index contributed by atoms with van der Waals surface area (Å²) in [5.41, 5.74) is 0. The number of allylic oxidation sites excluding steroid dienone is 2. The molecule has 2 heterocycles. The SMILES string of the molecule is O=C1C2C3C=CC(C3)C2C(=O)N1CN1CCCCC1. The van der Waals surface area contributed by atoms with Crippen LogP contribution < -0.4 is 0 Å². The zero-order valence-electron chi connectivity index (χ0n) is 11.1. The highest BCUT2D eigenvalue weighted by molar-refractivity contribution is 6.06. The molecule has 19 heavy (non-hydrogen) atoms. The van der Waals surface area contributed by atoms with Gasteiger partial charge in [0, 0.05) is 0 Å². The highest BCUT2D eigenvalue weighted by Crippen LogP contribution is 2.52. The molecule has 0 aromatic rings. The van der Waals surface area contributed by atoms with Crippen LogP contribution in [0.5, 0.6) is 0 Å². The van der Waals surface area contributed by atoms with Gasteiger partial charge in [0.1, 0.15) is 0 Å². The maximum Gasteiger partial charge on any atom is 0.234 e. The standard InChI is InChI=1S/C15H20N2O2/c18-14-12-10-4-5-11(8-10)13(12)15(19)17(14)9-16-6-2-1-3-7-16/h4-5,10-13H,1-3,6-9H2. The van der Waals surface area contributed by atoms with Gasteiger partial charge in [0.25, 0.3) is 0 Å². The van der Waals surface area contributed by atoms with E-state index in [0.29, 0.717) is 18.5 Å². The van der Waals surface area contributed by atoms with Gasteiger partial charge in [-0.2, -0.15) is 0 Å². The van der Waals surface area contributed by atoms with Crippen LogP contribution in [-0.4, -0.2) is 41.4 Å². The minimum absolute atomic E-state index is 0.0349. The van der Waals surface area contributed by atoms with Gasteiger partial charge in [0.2, 0.25) is 11.8 Å². The molecule has 2 saturated heterocycles. The van der Waals surface area contributed by atoms with E-state index < -0.39 is 0 Å². The van der Waals surface area contributed by atoms with E-state index >= 15 is 0 Å². The lowest BCUT2D eigenvalue weighted by Crippen LogP contribution is -2.44. The molecule has 4 heteroatoms. The number of hydrogen-bond donors (Lipinski definition) is 0. The second-order valence-electron chi connectivity index (χ2n) is 6.42. The molecule has 2 aliphatic heterocycles. The van der Waals surface area contributed by atoms with Gasteiger partial charge in [-0.3, -0.25) is 19.4 Å². The van der Waals surface area contributed by atoms with Crippen LogP contribution in [0.25, 0.3) is 0 Å². The first-order valence-electron chi connectivity index (χ1n) is 7.51. The molecule has 0 radical (unpaired) electrons. The summed E-state index contributed by atoms with van der Waals surface area (Å²) in [6.07, 6.45) is 8.98. The summed E-state index contributed by atoms with van der Waals surface area (Å²) in [6, 6.07) is 0. The fourth-order valence-electron chi connectivity index (χ4n) is 4.40. The molecular formula is C15H20N2O2. The molecule has 102 valence electrons. The fourth-order valence-corrected chi connectivity index (χ4v) is 4.40. The van der Waals surface area contributed by atoms with E-state index in [0.717, 1.165) is 19.5 Å². The largest absolute Gasteiger partial charge is 0.286 e. The molecule has 4 atom stereocenters. The third-order valence-corrected chi connectivity index (χ3v) is 5.35. The number of piperidine rings is 1. The fraction of sp³-hybridized carbons (Fsp3) is 0.733. The van der Waals surface area contributed by atoms with E-state index in [1.54, 1.807) is 4.90 Å². The summed E-state index contributed by atoms with van der Waals surface area (Å²) in [5, 5.41) is 0. The van der Waals surface area contributed by atoms with Gasteiger partial charge in [-0.15, -0.1) is 0 Å². The summed E-state index contributed by atoms with van der Waals surface area (Å²) in [4.78, 5) is 28.8. The third-order valence-electron chi connectivity index (χ3n) is 5.35. The molecule has 3 fully saturated rings. The Morgan fingerprint density at radius 1 is 0.947 bits per heavy atom. The molecule has 1 saturated carbocycles. The number of amides is 2. The number of nitrogens with zero attached hydrogens (tertiary/aromatic N) is 2. The molecule has 4 unspecified atom stereocenters. The zero-order chi connectivity index (χ0) is 13.0. The first kappa shape index (κ1) is 11.6. The number of rotatable bonds is 2. The lowest BCUT2D eigenvalue weighted by atomic mass is 9.85. The van der Waals surface area contributed by atoms with E-state index in [9.17, 15) is 9.59 Å². The van der Waals surface area contributed by atoms with Crippen LogP contribution in [0.1, 0.15) is 25.7 Å². The Hall–Kier alpha value is -1.16. The highest BCUT2D eigenvalue weighted by atomic mass is 16.2. The topological polar surface area (TPSA) is 40.6 Å². The third kappa shape index (κ3) is 1.62. The molecule has 0 aromatic heterocycles. The number of carbonyl (C=O) groups is 2.